The fraction of sp³-hybridized carbons (Fsp3) is 0.588. The van der Waals surface area contributed by atoms with E-state index in [0.717, 1.165) is 23.3 Å². The first-order chi connectivity index (χ1) is 9.85. The molecule has 0 fully saturated rings. The second-order valence-corrected chi connectivity index (χ2v) is 6.00. The summed E-state index contributed by atoms with van der Waals surface area (Å²) in [6, 6.07) is 4.15. The van der Waals surface area contributed by atoms with Gasteiger partial charge in [0.25, 0.3) is 5.91 Å². The van der Waals surface area contributed by atoms with Gasteiger partial charge >= 0.3 is 0 Å². The summed E-state index contributed by atoms with van der Waals surface area (Å²) in [7, 11) is 0. The Morgan fingerprint density at radius 2 is 1.81 bits per heavy atom. The number of aryl methyl sites for hydroxylation is 2. The number of carbonyl (C=O) groups excluding carboxylic acids is 1. The third-order valence-corrected chi connectivity index (χ3v) is 3.30. The molecule has 0 aromatic heterocycles. The van der Waals surface area contributed by atoms with Gasteiger partial charge in [-0.1, -0.05) is 26.0 Å². The fourth-order valence-corrected chi connectivity index (χ4v) is 2.22. The summed E-state index contributed by atoms with van der Waals surface area (Å²) in [5.74, 6) is 1.15. The molecule has 1 aromatic carbocycles. The van der Waals surface area contributed by atoms with Crippen LogP contribution in [0.15, 0.2) is 12.1 Å². The molecular weight excluding hydrogens is 264 g/mol. The number of ether oxygens (including phenoxy) is 1. The number of rotatable bonds is 7. The molecule has 118 valence electrons. The first-order valence-electron chi connectivity index (χ1n) is 7.59. The van der Waals surface area contributed by atoms with Crippen LogP contribution in [0.1, 0.15) is 37.5 Å². The Morgan fingerprint density at radius 1 is 1.24 bits per heavy atom. The SMILES string of the molecule is Cc1cc(CCN)cc(C)c1OC(C)C(=O)NCC(C)C. The molecule has 0 radical (unpaired) electrons. The summed E-state index contributed by atoms with van der Waals surface area (Å²) in [5, 5.41) is 2.89. The molecule has 0 bridgehead atoms. The van der Waals surface area contributed by atoms with Crippen molar-refractivity contribution >= 4 is 5.91 Å². The normalized spacial score (nSPS) is 12.3. The first kappa shape index (κ1) is 17.5. The van der Waals surface area contributed by atoms with Crippen molar-refractivity contribution in [3.63, 3.8) is 0 Å². The van der Waals surface area contributed by atoms with E-state index in [1.54, 1.807) is 6.92 Å². The Balaban J connectivity index is 2.76. The number of hydrogen-bond donors (Lipinski definition) is 2. The van der Waals surface area contributed by atoms with Crippen molar-refractivity contribution in [1.29, 1.82) is 0 Å². The van der Waals surface area contributed by atoms with Crippen LogP contribution in [0, 0.1) is 19.8 Å². The van der Waals surface area contributed by atoms with Crippen LogP contribution >= 0.6 is 0 Å². The molecule has 0 spiro atoms. The molecule has 0 aliphatic carbocycles. The second kappa shape index (κ2) is 8.03. The minimum absolute atomic E-state index is 0.0754. The average molecular weight is 292 g/mol. The third-order valence-electron chi connectivity index (χ3n) is 3.30. The maximum Gasteiger partial charge on any atom is 0.260 e. The Hall–Kier alpha value is -1.55. The third kappa shape index (κ3) is 5.38. The molecule has 0 heterocycles. The van der Waals surface area contributed by atoms with Crippen LogP contribution in [0.4, 0.5) is 0 Å². The summed E-state index contributed by atoms with van der Waals surface area (Å²) in [4.78, 5) is 12.0. The van der Waals surface area contributed by atoms with Crippen LogP contribution in [0.2, 0.25) is 0 Å². The zero-order chi connectivity index (χ0) is 16.0. The predicted octanol–water partition coefficient (Wildman–Crippen LogP) is 2.34. The molecule has 0 aliphatic rings. The van der Waals surface area contributed by atoms with E-state index in [1.807, 2.05) is 13.8 Å². The van der Waals surface area contributed by atoms with E-state index < -0.39 is 6.10 Å². The number of nitrogens with two attached hydrogens (primary N) is 1. The smallest absolute Gasteiger partial charge is 0.260 e. The van der Waals surface area contributed by atoms with E-state index in [2.05, 4.69) is 31.3 Å². The lowest BCUT2D eigenvalue weighted by Gasteiger charge is -2.19. The standard InChI is InChI=1S/C17H28N2O2/c1-11(2)10-19-17(20)14(5)21-16-12(3)8-15(6-7-18)9-13(16)4/h8-9,11,14H,6-7,10,18H2,1-5H3,(H,19,20). The number of nitrogens with one attached hydrogen (secondary N) is 1. The molecule has 0 aliphatic heterocycles. The number of carbonyl (C=O) groups is 1. The van der Waals surface area contributed by atoms with E-state index in [1.165, 1.54) is 5.56 Å². The van der Waals surface area contributed by atoms with Gasteiger partial charge in [0.15, 0.2) is 6.10 Å². The molecule has 1 amide bonds. The lowest BCUT2D eigenvalue weighted by Crippen LogP contribution is -2.38. The van der Waals surface area contributed by atoms with E-state index >= 15 is 0 Å². The van der Waals surface area contributed by atoms with Gasteiger partial charge in [-0.25, -0.2) is 0 Å². The monoisotopic (exact) mass is 292 g/mol. The van der Waals surface area contributed by atoms with E-state index in [0.29, 0.717) is 19.0 Å². The van der Waals surface area contributed by atoms with Gasteiger partial charge in [0.05, 0.1) is 0 Å². The molecule has 1 rings (SSSR count). The minimum Gasteiger partial charge on any atom is -0.480 e. The highest BCUT2D eigenvalue weighted by Crippen LogP contribution is 2.26. The van der Waals surface area contributed by atoms with Crippen LogP contribution in [0.5, 0.6) is 5.75 Å². The van der Waals surface area contributed by atoms with E-state index in [9.17, 15) is 4.79 Å². The summed E-state index contributed by atoms with van der Waals surface area (Å²) >= 11 is 0. The zero-order valence-corrected chi connectivity index (χ0v) is 13.8. The molecule has 21 heavy (non-hydrogen) atoms. The Kier molecular flexibility index (Phi) is 6.69. The highest BCUT2D eigenvalue weighted by atomic mass is 16.5. The number of benzene rings is 1. The van der Waals surface area contributed by atoms with Gasteiger partial charge in [-0.3, -0.25) is 4.79 Å². The topological polar surface area (TPSA) is 64.3 Å². The van der Waals surface area contributed by atoms with Gasteiger partial charge in [0.2, 0.25) is 0 Å². The Bertz CT molecular complexity index is 461. The van der Waals surface area contributed by atoms with Gasteiger partial charge in [0.1, 0.15) is 5.75 Å². The highest BCUT2D eigenvalue weighted by molar-refractivity contribution is 5.80. The van der Waals surface area contributed by atoms with Crippen molar-refractivity contribution < 1.29 is 9.53 Å². The van der Waals surface area contributed by atoms with Crippen LogP contribution in [-0.4, -0.2) is 25.1 Å². The van der Waals surface area contributed by atoms with Crippen LogP contribution in [0.3, 0.4) is 0 Å². The van der Waals surface area contributed by atoms with Crippen molar-refractivity contribution in [1.82, 2.24) is 5.32 Å². The summed E-state index contributed by atoms with van der Waals surface area (Å²) in [6.07, 6.45) is 0.355. The molecule has 1 unspecified atom stereocenters. The van der Waals surface area contributed by atoms with Gasteiger partial charge in [-0.15, -0.1) is 0 Å². The maximum atomic E-state index is 12.0. The summed E-state index contributed by atoms with van der Waals surface area (Å²) in [5.41, 5.74) is 8.89. The van der Waals surface area contributed by atoms with Crippen molar-refractivity contribution in [3.05, 3.63) is 28.8 Å². The molecule has 0 saturated carbocycles. The molecule has 1 aromatic rings. The van der Waals surface area contributed by atoms with E-state index in [-0.39, 0.29) is 5.91 Å². The fourth-order valence-electron chi connectivity index (χ4n) is 2.22. The molecule has 3 N–H and O–H groups in total. The number of hydrogen-bond acceptors (Lipinski definition) is 3. The average Bonchev–Trinajstić information content (AvgIpc) is 2.40. The molecule has 4 nitrogen and oxygen atoms in total. The van der Waals surface area contributed by atoms with Crippen molar-refractivity contribution in [2.24, 2.45) is 11.7 Å². The van der Waals surface area contributed by atoms with Crippen LogP contribution in [0.25, 0.3) is 0 Å². The second-order valence-electron chi connectivity index (χ2n) is 6.00. The molecule has 1 atom stereocenters. The van der Waals surface area contributed by atoms with Crippen molar-refractivity contribution in [2.75, 3.05) is 13.1 Å². The van der Waals surface area contributed by atoms with Crippen molar-refractivity contribution in [2.45, 2.75) is 47.1 Å². The quantitative estimate of drug-likeness (QED) is 0.811. The number of amides is 1. The minimum atomic E-state index is -0.499. The van der Waals surface area contributed by atoms with Crippen LogP contribution < -0.4 is 15.8 Å². The van der Waals surface area contributed by atoms with Gasteiger partial charge in [-0.2, -0.15) is 0 Å². The molecule has 0 saturated heterocycles. The Morgan fingerprint density at radius 3 is 2.29 bits per heavy atom. The highest BCUT2D eigenvalue weighted by Gasteiger charge is 2.17. The first-order valence-corrected chi connectivity index (χ1v) is 7.59. The summed E-state index contributed by atoms with van der Waals surface area (Å²) in [6.45, 7) is 11.2. The van der Waals surface area contributed by atoms with Crippen LogP contribution in [-0.2, 0) is 11.2 Å². The molecule has 4 heteroatoms. The Labute approximate surface area is 128 Å². The summed E-state index contributed by atoms with van der Waals surface area (Å²) < 4.78 is 5.86. The largest absolute Gasteiger partial charge is 0.480 e. The maximum absolute atomic E-state index is 12.0. The van der Waals surface area contributed by atoms with Gasteiger partial charge < -0.3 is 15.8 Å². The van der Waals surface area contributed by atoms with Gasteiger partial charge in [0, 0.05) is 6.54 Å². The van der Waals surface area contributed by atoms with Gasteiger partial charge in [-0.05, 0) is 56.3 Å². The predicted molar refractivity (Wildman–Crippen MR) is 86.6 cm³/mol. The molecular formula is C17H28N2O2. The van der Waals surface area contributed by atoms with Crippen molar-refractivity contribution in [3.8, 4) is 5.75 Å². The lowest BCUT2D eigenvalue weighted by molar-refractivity contribution is -0.127. The zero-order valence-electron chi connectivity index (χ0n) is 13.8. The lowest BCUT2D eigenvalue weighted by atomic mass is 10.0. The van der Waals surface area contributed by atoms with E-state index in [4.69, 9.17) is 10.5 Å².